The highest BCUT2D eigenvalue weighted by Crippen LogP contribution is 2.47. The summed E-state index contributed by atoms with van der Waals surface area (Å²) < 4.78 is 13.2. The second-order valence-electron chi connectivity index (χ2n) is 9.09. The number of anilines is 1. The van der Waals surface area contributed by atoms with Crippen LogP contribution in [0.4, 0.5) is 14.9 Å². The molecule has 35 heavy (non-hydrogen) atoms. The van der Waals surface area contributed by atoms with Crippen molar-refractivity contribution in [3.63, 3.8) is 0 Å². The topological polar surface area (TPSA) is 86.0 Å². The molecular weight excluding hydrogens is 443 g/mol. The largest absolute Gasteiger partial charge is 0.361 e. The summed E-state index contributed by atoms with van der Waals surface area (Å²) in [5.74, 6) is -0.633. The number of halogens is 1. The van der Waals surface area contributed by atoms with Crippen LogP contribution in [0.5, 0.6) is 0 Å². The van der Waals surface area contributed by atoms with Crippen LogP contribution in [0.2, 0.25) is 0 Å². The molecule has 7 heteroatoms. The van der Waals surface area contributed by atoms with Crippen molar-refractivity contribution in [3.8, 4) is 0 Å². The molecule has 1 aliphatic carbocycles. The van der Waals surface area contributed by atoms with Crippen molar-refractivity contribution < 1.29 is 14.0 Å². The summed E-state index contributed by atoms with van der Waals surface area (Å²) in [4.78, 5) is 29.3. The van der Waals surface area contributed by atoms with Gasteiger partial charge in [0.15, 0.2) is 0 Å². The summed E-state index contributed by atoms with van der Waals surface area (Å²) in [6.07, 6.45) is 4.23. The molecule has 0 aliphatic heterocycles. The fraction of sp³-hybridized carbons (Fsp3) is 0.214. The van der Waals surface area contributed by atoms with Crippen LogP contribution in [0, 0.1) is 5.82 Å². The molecule has 0 spiro atoms. The van der Waals surface area contributed by atoms with E-state index >= 15 is 0 Å². The highest BCUT2D eigenvalue weighted by Gasteiger charge is 2.44. The Labute approximate surface area is 202 Å². The zero-order chi connectivity index (χ0) is 24.3. The van der Waals surface area contributed by atoms with Crippen molar-refractivity contribution in [2.24, 2.45) is 0 Å². The molecule has 178 valence electrons. The first-order valence-corrected chi connectivity index (χ1v) is 11.7. The lowest BCUT2D eigenvalue weighted by atomic mass is 9.95. The Kier molecular flexibility index (Phi) is 6.23. The molecule has 3 aromatic carbocycles. The van der Waals surface area contributed by atoms with E-state index in [9.17, 15) is 14.0 Å². The molecule has 1 fully saturated rings. The molecule has 0 unspecified atom stereocenters. The van der Waals surface area contributed by atoms with E-state index in [1.54, 1.807) is 0 Å². The van der Waals surface area contributed by atoms with Crippen molar-refractivity contribution in [1.29, 1.82) is 0 Å². The van der Waals surface area contributed by atoms with E-state index in [1.165, 1.54) is 29.8 Å². The SMILES string of the molecule is O=C(Nc1ccc(F)cc1)N[C@@H](Cc1c[nH]c2ccccc12)C(=O)NCC1(c2ccccc2)CC1. The van der Waals surface area contributed by atoms with Gasteiger partial charge >= 0.3 is 6.03 Å². The number of carbonyl (C=O) groups excluding carboxylic acids is 2. The van der Waals surface area contributed by atoms with Gasteiger partial charge < -0.3 is 20.9 Å². The molecule has 4 N–H and O–H groups in total. The first-order chi connectivity index (χ1) is 17.0. The Bertz CT molecular complexity index is 1330. The lowest BCUT2D eigenvalue weighted by Gasteiger charge is -2.22. The third-order valence-electron chi connectivity index (χ3n) is 6.66. The number of rotatable bonds is 8. The summed E-state index contributed by atoms with van der Waals surface area (Å²) in [7, 11) is 0. The molecule has 1 atom stereocenters. The quantitative estimate of drug-likeness (QED) is 0.296. The molecule has 1 aromatic heterocycles. The summed E-state index contributed by atoms with van der Waals surface area (Å²) in [5.41, 5.74) is 3.52. The van der Waals surface area contributed by atoms with E-state index in [4.69, 9.17) is 0 Å². The smallest absolute Gasteiger partial charge is 0.319 e. The maximum Gasteiger partial charge on any atom is 0.319 e. The summed E-state index contributed by atoms with van der Waals surface area (Å²) in [6.45, 7) is 0.515. The van der Waals surface area contributed by atoms with Crippen molar-refractivity contribution in [1.82, 2.24) is 15.6 Å². The maximum atomic E-state index is 13.3. The third-order valence-corrected chi connectivity index (χ3v) is 6.66. The van der Waals surface area contributed by atoms with E-state index in [1.807, 2.05) is 48.7 Å². The molecule has 0 radical (unpaired) electrons. The van der Waals surface area contributed by atoms with E-state index < -0.39 is 12.1 Å². The van der Waals surface area contributed by atoms with E-state index in [-0.39, 0.29) is 17.1 Å². The number of benzene rings is 3. The fourth-order valence-electron chi connectivity index (χ4n) is 4.48. The summed E-state index contributed by atoms with van der Waals surface area (Å²) >= 11 is 0. The van der Waals surface area contributed by atoms with E-state index in [2.05, 4.69) is 33.1 Å². The highest BCUT2D eigenvalue weighted by atomic mass is 19.1. The Morgan fingerprint density at radius 2 is 1.66 bits per heavy atom. The van der Waals surface area contributed by atoms with Gasteiger partial charge in [-0.15, -0.1) is 0 Å². The van der Waals surface area contributed by atoms with Crippen LogP contribution in [0.15, 0.2) is 85.1 Å². The molecule has 0 bridgehead atoms. The van der Waals surface area contributed by atoms with Crippen LogP contribution in [0.25, 0.3) is 10.9 Å². The van der Waals surface area contributed by atoms with Gasteiger partial charge in [-0.25, -0.2) is 9.18 Å². The predicted molar refractivity (Wildman–Crippen MR) is 135 cm³/mol. The van der Waals surface area contributed by atoms with Gasteiger partial charge in [0.05, 0.1) is 0 Å². The Hall–Kier alpha value is -4.13. The molecular formula is C28H27FN4O2. The molecule has 4 aromatic rings. The highest BCUT2D eigenvalue weighted by molar-refractivity contribution is 5.94. The minimum atomic E-state index is -0.791. The number of aromatic nitrogens is 1. The average molecular weight is 471 g/mol. The monoisotopic (exact) mass is 470 g/mol. The predicted octanol–water partition coefficient (Wildman–Crippen LogP) is 4.89. The van der Waals surface area contributed by atoms with Gasteiger partial charge in [0.25, 0.3) is 0 Å². The molecule has 1 aliphatic rings. The number of urea groups is 1. The van der Waals surface area contributed by atoms with E-state index in [0.29, 0.717) is 18.7 Å². The maximum absolute atomic E-state index is 13.3. The first kappa shape index (κ1) is 22.7. The minimum Gasteiger partial charge on any atom is -0.361 e. The average Bonchev–Trinajstić information content (AvgIpc) is 3.58. The zero-order valence-corrected chi connectivity index (χ0v) is 19.2. The number of amides is 3. The second-order valence-corrected chi connectivity index (χ2v) is 9.09. The van der Waals surface area contributed by atoms with Crippen LogP contribution in [-0.2, 0) is 16.6 Å². The van der Waals surface area contributed by atoms with Crippen LogP contribution < -0.4 is 16.0 Å². The standard InChI is InChI=1S/C28H27FN4O2/c29-21-10-12-22(13-11-21)32-27(35)33-25(16-19-17-30-24-9-5-4-8-23(19)24)26(34)31-18-28(14-15-28)20-6-2-1-3-7-20/h1-13,17,25,30H,14-16,18H2,(H,31,34)(H2,32,33,35)/t25-/m0/s1. The Morgan fingerprint density at radius 3 is 2.40 bits per heavy atom. The first-order valence-electron chi connectivity index (χ1n) is 11.7. The zero-order valence-electron chi connectivity index (χ0n) is 19.2. The summed E-state index contributed by atoms with van der Waals surface area (Å²) in [5, 5.41) is 9.58. The van der Waals surface area contributed by atoms with Gasteiger partial charge in [-0.1, -0.05) is 48.5 Å². The molecule has 0 saturated heterocycles. The molecule has 1 saturated carbocycles. The van der Waals surface area contributed by atoms with Gasteiger partial charge in [-0.05, 0) is 54.3 Å². The Balaban J connectivity index is 1.31. The minimum absolute atomic E-state index is 0.0430. The molecule has 6 nitrogen and oxygen atoms in total. The number of H-pyrrole nitrogens is 1. The van der Waals surface area contributed by atoms with Crippen molar-refractivity contribution in [2.45, 2.75) is 30.7 Å². The van der Waals surface area contributed by atoms with Crippen LogP contribution >= 0.6 is 0 Å². The third kappa shape index (κ3) is 5.19. The lowest BCUT2D eigenvalue weighted by molar-refractivity contribution is -0.123. The van der Waals surface area contributed by atoms with Gasteiger partial charge in [0.2, 0.25) is 5.91 Å². The second kappa shape index (κ2) is 9.62. The fourth-order valence-corrected chi connectivity index (χ4v) is 4.48. The van der Waals surface area contributed by atoms with Gasteiger partial charge in [0.1, 0.15) is 11.9 Å². The molecule has 3 amide bonds. The lowest BCUT2D eigenvalue weighted by Crippen LogP contribution is -2.50. The molecule has 1 heterocycles. The number of para-hydroxylation sites is 1. The number of hydrogen-bond acceptors (Lipinski definition) is 2. The number of carbonyl (C=O) groups is 2. The number of fused-ring (bicyclic) bond motifs is 1. The Morgan fingerprint density at radius 1 is 0.943 bits per heavy atom. The van der Waals surface area contributed by atoms with Crippen LogP contribution in [-0.4, -0.2) is 29.5 Å². The van der Waals surface area contributed by atoms with Crippen LogP contribution in [0.1, 0.15) is 24.0 Å². The van der Waals surface area contributed by atoms with Crippen molar-refractivity contribution in [2.75, 3.05) is 11.9 Å². The van der Waals surface area contributed by atoms with Crippen LogP contribution in [0.3, 0.4) is 0 Å². The van der Waals surface area contributed by atoms with Crippen molar-refractivity contribution >= 4 is 28.5 Å². The normalized spacial score (nSPS) is 14.8. The van der Waals surface area contributed by atoms with Gasteiger partial charge in [0, 0.05) is 41.2 Å². The summed E-state index contributed by atoms with van der Waals surface area (Å²) in [6, 6.07) is 22.2. The van der Waals surface area contributed by atoms with Gasteiger partial charge in [-0.2, -0.15) is 0 Å². The van der Waals surface area contributed by atoms with Crippen molar-refractivity contribution in [3.05, 3.63) is 102 Å². The number of aromatic amines is 1. The number of hydrogen-bond donors (Lipinski definition) is 4. The van der Waals surface area contributed by atoms with E-state index in [0.717, 1.165) is 29.3 Å². The van der Waals surface area contributed by atoms with Gasteiger partial charge in [-0.3, -0.25) is 4.79 Å². The number of nitrogens with one attached hydrogen (secondary N) is 4. The molecule has 5 rings (SSSR count).